The normalized spacial score (nSPS) is 9.75. The molecule has 0 saturated carbocycles. The van der Waals surface area contributed by atoms with Gasteiger partial charge in [0.25, 0.3) is 0 Å². The molecule has 0 unspecified atom stereocenters. The number of amides is 1. The second-order valence-electron chi connectivity index (χ2n) is 5.16. The number of benzene rings is 2. The maximum absolute atomic E-state index is 12.2. The van der Waals surface area contributed by atoms with E-state index in [1.165, 1.54) is 0 Å². The first-order valence-electron chi connectivity index (χ1n) is 7.45. The number of halogens is 1. The van der Waals surface area contributed by atoms with Crippen molar-refractivity contribution in [1.29, 1.82) is 0 Å². The zero-order valence-corrected chi connectivity index (χ0v) is 14.7. The van der Waals surface area contributed by atoms with Crippen molar-refractivity contribution in [1.82, 2.24) is 5.32 Å². The third-order valence-corrected chi connectivity index (χ3v) is 3.58. The minimum absolute atomic E-state index is 0. The maximum Gasteiger partial charge on any atom is 0.224 e. The van der Waals surface area contributed by atoms with Gasteiger partial charge in [0.2, 0.25) is 5.91 Å². The number of rotatable bonds is 7. The number of anilines is 1. The summed E-state index contributed by atoms with van der Waals surface area (Å²) >= 11 is 0. The molecule has 5 nitrogen and oxygen atoms in total. The molecule has 0 saturated heterocycles. The molecule has 2 rings (SSSR count). The first-order chi connectivity index (χ1) is 11.1. The topological polar surface area (TPSA) is 73.6 Å². The number of hydrogen-bond acceptors (Lipinski definition) is 4. The summed E-state index contributed by atoms with van der Waals surface area (Å²) in [6, 6.07) is 13.1. The predicted molar refractivity (Wildman–Crippen MR) is 98.1 cm³/mol. The molecule has 0 aliphatic heterocycles. The van der Waals surface area contributed by atoms with Crippen molar-refractivity contribution < 1.29 is 14.3 Å². The highest BCUT2D eigenvalue weighted by molar-refractivity contribution is 5.85. The van der Waals surface area contributed by atoms with Crippen LogP contribution in [0.15, 0.2) is 42.5 Å². The number of methoxy groups -OCH3 is 2. The van der Waals surface area contributed by atoms with Crippen LogP contribution in [-0.4, -0.2) is 26.7 Å². The van der Waals surface area contributed by atoms with E-state index < -0.39 is 0 Å². The van der Waals surface area contributed by atoms with Crippen LogP contribution in [0.4, 0.5) is 5.69 Å². The van der Waals surface area contributed by atoms with Crippen LogP contribution in [0.2, 0.25) is 0 Å². The van der Waals surface area contributed by atoms with Gasteiger partial charge >= 0.3 is 0 Å². The minimum atomic E-state index is -0.0664. The van der Waals surface area contributed by atoms with E-state index in [1.54, 1.807) is 14.2 Å². The smallest absolute Gasteiger partial charge is 0.224 e. The van der Waals surface area contributed by atoms with Crippen molar-refractivity contribution >= 4 is 24.0 Å². The SMILES string of the molecule is COc1cccc(OC)c1CC(=O)NCCc1ccc(N)cc1.Cl. The standard InChI is InChI=1S/C18H22N2O3.ClH/c1-22-16-4-3-5-17(23-2)15(16)12-18(21)20-11-10-13-6-8-14(19)9-7-13;/h3-9H,10-12,19H2,1-2H3,(H,20,21);1H. The Bertz CT molecular complexity index is 638. The van der Waals surface area contributed by atoms with Crippen molar-refractivity contribution in [2.45, 2.75) is 12.8 Å². The molecule has 2 aromatic carbocycles. The molecule has 0 bridgehead atoms. The van der Waals surface area contributed by atoms with Crippen molar-refractivity contribution in [2.75, 3.05) is 26.5 Å². The van der Waals surface area contributed by atoms with Crippen LogP contribution in [0.1, 0.15) is 11.1 Å². The molecule has 6 heteroatoms. The number of nitrogens with two attached hydrogens (primary N) is 1. The monoisotopic (exact) mass is 350 g/mol. The summed E-state index contributed by atoms with van der Waals surface area (Å²) in [5, 5.41) is 2.92. The molecule has 0 aliphatic carbocycles. The second kappa shape index (κ2) is 9.67. The lowest BCUT2D eigenvalue weighted by atomic mass is 10.1. The largest absolute Gasteiger partial charge is 0.496 e. The fourth-order valence-corrected chi connectivity index (χ4v) is 2.36. The van der Waals surface area contributed by atoms with Gasteiger partial charge in [-0.15, -0.1) is 12.4 Å². The molecule has 24 heavy (non-hydrogen) atoms. The Labute approximate surface area is 148 Å². The lowest BCUT2D eigenvalue weighted by molar-refractivity contribution is -0.120. The summed E-state index contributed by atoms with van der Waals surface area (Å²) in [7, 11) is 3.16. The molecule has 3 N–H and O–H groups in total. The summed E-state index contributed by atoms with van der Waals surface area (Å²) < 4.78 is 10.6. The van der Waals surface area contributed by atoms with Crippen LogP contribution < -0.4 is 20.5 Å². The minimum Gasteiger partial charge on any atom is -0.496 e. The van der Waals surface area contributed by atoms with Gasteiger partial charge in [0.1, 0.15) is 11.5 Å². The molecule has 130 valence electrons. The van der Waals surface area contributed by atoms with Crippen LogP contribution in [-0.2, 0) is 17.6 Å². The highest BCUT2D eigenvalue weighted by atomic mass is 35.5. The predicted octanol–water partition coefficient (Wildman–Crippen LogP) is 2.61. The third-order valence-electron chi connectivity index (χ3n) is 3.58. The lowest BCUT2D eigenvalue weighted by Gasteiger charge is -2.13. The Kier molecular flexibility index (Phi) is 7.92. The number of carbonyl (C=O) groups is 1. The Balaban J connectivity index is 0.00000288. The molecule has 0 aromatic heterocycles. The Morgan fingerprint density at radius 3 is 2.17 bits per heavy atom. The fraction of sp³-hybridized carbons (Fsp3) is 0.278. The zero-order chi connectivity index (χ0) is 16.7. The van der Waals surface area contributed by atoms with E-state index in [0.717, 1.165) is 23.2 Å². The van der Waals surface area contributed by atoms with Crippen molar-refractivity contribution in [3.63, 3.8) is 0 Å². The van der Waals surface area contributed by atoms with Gasteiger partial charge < -0.3 is 20.5 Å². The number of ether oxygens (including phenoxy) is 2. The van der Waals surface area contributed by atoms with Crippen molar-refractivity contribution in [3.8, 4) is 11.5 Å². The van der Waals surface area contributed by atoms with Gasteiger partial charge in [-0.25, -0.2) is 0 Å². The molecule has 0 aliphatic rings. The molecule has 0 spiro atoms. The van der Waals surface area contributed by atoms with E-state index in [2.05, 4.69) is 5.32 Å². The van der Waals surface area contributed by atoms with Crippen molar-refractivity contribution in [3.05, 3.63) is 53.6 Å². The summed E-state index contributed by atoms with van der Waals surface area (Å²) in [6.07, 6.45) is 0.976. The van der Waals surface area contributed by atoms with E-state index >= 15 is 0 Å². The van der Waals surface area contributed by atoms with Crippen LogP contribution >= 0.6 is 12.4 Å². The molecule has 0 atom stereocenters. The van der Waals surface area contributed by atoms with Crippen LogP contribution in [0.25, 0.3) is 0 Å². The second-order valence-corrected chi connectivity index (χ2v) is 5.16. The van der Waals surface area contributed by atoms with Gasteiger partial charge in [0, 0.05) is 17.8 Å². The fourth-order valence-electron chi connectivity index (χ4n) is 2.36. The first kappa shape index (κ1) is 19.6. The first-order valence-corrected chi connectivity index (χ1v) is 7.45. The molecule has 1 amide bonds. The Hall–Kier alpha value is -2.40. The van der Waals surface area contributed by atoms with Crippen LogP contribution in [0.3, 0.4) is 0 Å². The van der Waals surface area contributed by atoms with Gasteiger partial charge in [-0.3, -0.25) is 4.79 Å². The zero-order valence-electron chi connectivity index (χ0n) is 13.9. The molecular weight excluding hydrogens is 328 g/mol. The maximum atomic E-state index is 12.2. The molecular formula is C18H23ClN2O3. The van der Waals surface area contributed by atoms with E-state index in [4.69, 9.17) is 15.2 Å². The summed E-state index contributed by atoms with van der Waals surface area (Å²) in [4.78, 5) is 12.2. The summed E-state index contributed by atoms with van der Waals surface area (Å²) in [5.41, 5.74) is 8.27. The van der Waals surface area contributed by atoms with Gasteiger partial charge in [-0.2, -0.15) is 0 Å². The van der Waals surface area contributed by atoms with E-state index in [1.807, 2.05) is 42.5 Å². The van der Waals surface area contributed by atoms with Crippen LogP contribution in [0, 0.1) is 0 Å². The highest BCUT2D eigenvalue weighted by Gasteiger charge is 2.13. The van der Waals surface area contributed by atoms with Gasteiger partial charge in [0.15, 0.2) is 0 Å². The van der Waals surface area contributed by atoms with E-state index in [0.29, 0.717) is 18.0 Å². The average molecular weight is 351 g/mol. The van der Waals surface area contributed by atoms with Gasteiger partial charge in [-0.05, 0) is 36.2 Å². The van der Waals surface area contributed by atoms with Gasteiger partial charge in [-0.1, -0.05) is 18.2 Å². The van der Waals surface area contributed by atoms with E-state index in [-0.39, 0.29) is 24.7 Å². The number of carbonyl (C=O) groups excluding carboxylic acids is 1. The average Bonchev–Trinajstić information content (AvgIpc) is 2.57. The highest BCUT2D eigenvalue weighted by Crippen LogP contribution is 2.28. The van der Waals surface area contributed by atoms with E-state index in [9.17, 15) is 4.79 Å². The third kappa shape index (κ3) is 5.35. The Morgan fingerprint density at radius 2 is 1.62 bits per heavy atom. The number of nitrogen functional groups attached to an aromatic ring is 1. The number of hydrogen-bond donors (Lipinski definition) is 2. The summed E-state index contributed by atoms with van der Waals surface area (Å²) in [6.45, 7) is 0.570. The Morgan fingerprint density at radius 1 is 1.04 bits per heavy atom. The van der Waals surface area contributed by atoms with Crippen molar-refractivity contribution in [2.24, 2.45) is 0 Å². The van der Waals surface area contributed by atoms with Crippen LogP contribution in [0.5, 0.6) is 11.5 Å². The molecule has 0 fully saturated rings. The lowest BCUT2D eigenvalue weighted by Crippen LogP contribution is -2.27. The molecule has 2 aromatic rings. The quantitative estimate of drug-likeness (QED) is 0.753. The number of nitrogens with one attached hydrogen (secondary N) is 1. The van der Waals surface area contributed by atoms with Gasteiger partial charge in [0.05, 0.1) is 20.6 Å². The molecule has 0 radical (unpaired) electrons. The summed E-state index contributed by atoms with van der Waals surface area (Å²) in [5.74, 6) is 1.24. The molecule has 0 heterocycles.